The van der Waals surface area contributed by atoms with Crippen molar-refractivity contribution in [1.82, 2.24) is 20.3 Å². The first-order valence-electron chi connectivity index (χ1n) is 8.92. The fourth-order valence-corrected chi connectivity index (χ4v) is 3.22. The van der Waals surface area contributed by atoms with Gasteiger partial charge in [-0.1, -0.05) is 28.9 Å². The monoisotopic (exact) mass is 376 g/mol. The molecule has 1 fully saturated rings. The number of nitrogens with zero attached hydrogens (tertiary/aromatic N) is 3. The molecule has 6 nitrogen and oxygen atoms in total. The maximum absolute atomic E-state index is 12.5. The number of aryl methyl sites for hydroxylation is 1. The number of hydrogen-bond acceptors (Lipinski definition) is 5. The largest absolute Gasteiger partial charge is 0.361 e. The summed E-state index contributed by atoms with van der Waals surface area (Å²) < 4.78 is 5.11. The lowest BCUT2D eigenvalue weighted by Gasteiger charge is -2.34. The maximum atomic E-state index is 12.5. The number of piperazine rings is 1. The topological polar surface area (TPSA) is 61.6 Å². The van der Waals surface area contributed by atoms with Crippen LogP contribution in [-0.2, 0) is 11.3 Å². The van der Waals surface area contributed by atoms with Crippen LogP contribution in [-0.4, -0.2) is 53.6 Å². The Morgan fingerprint density at radius 1 is 1.27 bits per heavy atom. The third-order valence-electron chi connectivity index (χ3n) is 4.72. The van der Waals surface area contributed by atoms with Crippen LogP contribution in [0, 0.1) is 6.92 Å². The number of rotatable bonds is 6. The predicted octanol–water partition coefficient (Wildman–Crippen LogP) is 2.63. The summed E-state index contributed by atoms with van der Waals surface area (Å²) >= 11 is 5.92. The molecule has 1 atom stereocenters. The van der Waals surface area contributed by atoms with E-state index in [9.17, 15) is 4.79 Å². The normalized spacial score (nSPS) is 16.7. The Morgan fingerprint density at radius 2 is 1.96 bits per heavy atom. The van der Waals surface area contributed by atoms with Gasteiger partial charge in [0.2, 0.25) is 5.91 Å². The summed E-state index contributed by atoms with van der Waals surface area (Å²) in [6.45, 7) is 8.24. The molecule has 1 aromatic carbocycles. The quantitative estimate of drug-likeness (QED) is 0.839. The van der Waals surface area contributed by atoms with E-state index < -0.39 is 0 Å². The highest BCUT2D eigenvalue weighted by molar-refractivity contribution is 6.30. The minimum absolute atomic E-state index is 0.105. The van der Waals surface area contributed by atoms with Gasteiger partial charge in [-0.25, -0.2) is 0 Å². The van der Waals surface area contributed by atoms with E-state index in [-0.39, 0.29) is 11.9 Å². The molecule has 1 aliphatic heterocycles. The van der Waals surface area contributed by atoms with Gasteiger partial charge >= 0.3 is 0 Å². The summed E-state index contributed by atoms with van der Waals surface area (Å²) in [7, 11) is 0. The molecule has 1 N–H and O–H groups in total. The second-order valence-corrected chi connectivity index (χ2v) is 7.18. The fourth-order valence-electron chi connectivity index (χ4n) is 3.10. The zero-order chi connectivity index (χ0) is 18.5. The maximum Gasteiger partial charge on any atom is 0.236 e. The Balaban J connectivity index is 1.41. The molecule has 7 heteroatoms. The Bertz CT molecular complexity index is 723. The highest BCUT2D eigenvalue weighted by Gasteiger charge is 2.22. The second-order valence-electron chi connectivity index (χ2n) is 6.74. The molecule has 0 unspecified atom stereocenters. The molecule has 2 heterocycles. The van der Waals surface area contributed by atoms with Gasteiger partial charge < -0.3 is 14.7 Å². The van der Waals surface area contributed by atoms with E-state index in [1.54, 1.807) is 0 Å². The lowest BCUT2D eigenvalue weighted by molar-refractivity contribution is -0.132. The van der Waals surface area contributed by atoms with Crippen LogP contribution in [0.4, 0.5) is 0 Å². The van der Waals surface area contributed by atoms with Crippen molar-refractivity contribution in [3.63, 3.8) is 0 Å². The molecule has 1 aromatic heterocycles. The van der Waals surface area contributed by atoms with Gasteiger partial charge in [0.1, 0.15) is 5.76 Å². The Labute approximate surface area is 159 Å². The van der Waals surface area contributed by atoms with E-state index in [2.05, 4.69) is 15.4 Å². The number of carbonyl (C=O) groups is 1. The van der Waals surface area contributed by atoms with E-state index >= 15 is 0 Å². The molecule has 3 rings (SSSR count). The summed E-state index contributed by atoms with van der Waals surface area (Å²) in [4.78, 5) is 16.7. The van der Waals surface area contributed by atoms with Crippen LogP contribution < -0.4 is 5.32 Å². The lowest BCUT2D eigenvalue weighted by Crippen LogP contribution is -2.50. The van der Waals surface area contributed by atoms with E-state index in [0.29, 0.717) is 6.54 Å². The van der Waals surface area contributed by atoms with Crippen LogP contribution in [0.15, 0.2) is 34.9 Å². The van der Waals surface area contributed by atoms with Gasteiger partial charge in [-0.15, -0.1) is 0 Å². The van der Waals surface area contributed by atoms with Crippen LogP contribution in [0.3, 0.4) is 0 Å². The second kappa shape index (κ2) is 8.66. The highest BCUT2D eigenvalue weighted by Crippen LogP contribution is 2.16. The highest BCUT2D eigenvalue weighted by atomic mass is 35.5. The molecule has 2 aromatic rings. The summed E-state index contributed by atoms with van der Waals surface area (Å²) in [6.07, 6.45) is 0. The number of amides is 1. The predicted molar refractivity (Wildman–Crippen MR) is 101 cm³/mol. The van der Waals surface area contributed by atoms with Crippen LogP contribution in [0.25, 0.3) is 0 Å². The van der Waals surface area contributed by atoms with Gasteiger partial charge in [0.05, 0.1) is 12.2 Å². The number of nitrogens with one attached hydrogen (secondary N) is 1. The van der Waals surface area contributed by atoms with Gasteiger partial charge in [0.15, 0.2) is 0 Å². The smallest absolute Gasteiger partial charge is 0.236 e. The zero-order valence-corrected chi connectivity index (χ0v) is 16.0. The average Bonchev–Trinajstić information content (AvgIpc) is 3.05. The van der Waals surface area contributed by atoms with E-state index in [1.807, 2.05) is 49.1 Å². The molecule has 26 heavy (non-hydrogen) atoms. The average molecular weight is 377 g/mol. The van der Waals surface area contributed by atoms with Crippen LogP contribution >= 0.6 is 11.6 Å². The first kappa shape index (κ1) is 18.9. The summed E-state index contributed by atoms with van der Waals surface area (Å²) in [6, 6.07) is 9.76. The number of hydrogen-bond donors (Lipinski definition) is 1. The lowest BCUT2D eigenvalue weighted by atomic mass is 10.1. The van der Waals surface area contributed by atoms with Crippen molar-refractivity contribution in [2.45, 2.75) is 26.4 Å². The summed E-state index contributed by atoms with van der Waals surface area (Å²) in [5.41, 5.74) is 2.07. The minimum atomic E-state index is 0.105. The molecular formula is C19H25ClN4O2. The van der Waals surface area contributed by atoms with Crippen LogP contribution in [0.2, 0.25) is 5.02 Å². The molecular weight excluding hydrogens is 352 g/mol. The number of halogens is 1. The molecule has 0 bridgehead atoms. The molecule has 140 valence electrons. The van der Waals surface area contributed by atoms with E-state index in [1.165, 1.54) is 0 Å². The van der Waals surface area contributed by atoms with Gasteiger partial charge in [0, 0.05) is 49.9 Å². The van der Waals surface area contributed by atoms with Crippen molar-refractivity contribution in [3.8, 4) is 0 Å². The molecule has 0 aliphatic carbocycles. The van der Waals surface area contributed by atoms with Crippen molar-refractivity contribution in [2.75, 3.05) is 32.7 Å². The van der Waals surface area contributed by atoms with Gasteiger partial charge in [0.25, 0.3) is 0 Å². The molecule has 1 amide bonds. The number of benzene rings is 1. The first-order chi connectivity index (χ1) is 12.5. The fraction of sp³-hybridized carbons (Fsp3) is 0.474. The molecule has 1 saturated heterocycles. The number of aromatic nitrogens is 1. The Hall–Kier alpha value is -1.89. The van der Waals surface area contributed by atoms with E-state index in [0.717, 1.165) is 54.8 Å². The van der Waals surface area contributed by atoms with Crippen LogP contribution in [0.1, 0.15) is 30.0 Å². The molecule has 0 saturated carbocycles. The molecule has 0 spiro atoms. The Kier molecular flexibility index (Phi) is 6.29. The van der Waals surface area contributed by atoms with E-state index in [4.69, 9.17) is 16.1 Å². The molecule has 0 radical (unpaired) electrons. The Morgan fingerprint density at radius 3 is 2.58 bits per heavy atom. The minimum Gasteiger partial charge on any atom is -0.361 e. The third-order valence-corrected chi connectivity index (χ3v) is 4.97. The first-order valence-corrected chi connectivity index (χ1v) is 9.30. The van der Waals surface area contributed by atoms with Crippen molar-refractivity contribution in [1.29, 1.82) is 0 Å². The van der Waals surface area contributed by atoms with Gasteiger partial charge in [-0.2, -0.15) is 0 Å². The van der Waals surface area contributed by atoms with Crippen molar-refractivity contribution < 1.29 is 9.32 Å². The third kappa shape index (κ3) is 5.06. The van der Waals surface area contributed by atoms with Gasteiger partial charge in [-0.05, 0) is 31.5 Å². The van der Waals surface area contributed by atoms with Crippen molar-refractivity contribution >= 4 is 17.5 Å². The number of carbonyl (C=O) groups excluding carboxylic acids is 1. The summed E-state index contributed by atoms with van der Waals surface area (Å²) in [5.74, 6) is 0.970. The van der Waals surface area contributed by atoms with Gasteiger partial charge in [-0.3, -0.25) is 9.69 Å². The molecule has 1 aliphatic rings. The zero-order valence-electron chi connectivity index (χ0n) is 15.2. The van der Waals surface area contributed by atoms with Crippen molar-refractivity contribution in [3.05, 3.63) is 52.4 Å². The SMILES string of the molecule is Cc1cc(CN2CCN(C(=O)CN[C@H](C)c3ccc(Cl)cc3)CC2)no1. The van der Waals surface area contributed by atoms with Crippen LogP contribution in [0.5, 0.6) is 0 Å². The standard InChI is InChI=1S/C19H25ClN4O2/c1-14-11-18(22-26-14)13-23-7-9-24(10-8-23)19(25)12-21-15(2)16-3-5-17(20)6-4-16/h3-6,11,15,21H,7-10,12-13H2,1-2H3/t15-/m1/s1. The van der Waals surface area contributed by atoms with Crippen molar-refractivity contribution in [2.24, 2.45) is 0 Å². The summed E-state index contributed by atoms with van der Waals surface area (Å²) in [5, 5.41) is 8.05.